The average Bonchev–Trinajstić information content (AvgIpc) is 3.10. The number of hydrogen-bond acceptors (Lipinski definition) is 3. The Bertz CT molecular complexity index is 1030. The van der Waals surface area contributed by atoms with Crippen LogP contribution >= 0.6 is 11.3 Å². The minimum absolute atomic E-state index is 0.0396. The number of carbonyl (C=O) groups is 1. The van der Waals surface area contributed by atoms with Crippen LogP contribution in [0.15, 0.2) is 90.3 Å². The second kappa shape index (κ2) is 6.98. The van der Waals surface area contributed by atoms with E-state index >= 15 is 0 Å². The molecule has 0 aliphatic carbocycles. The molecule has 0 spiro atoms. The summed E-state index contributed by atoms with van der Waals surface area (Å²) in [7, 11) is 0. The van der Waals surface area contributed by atoms with Crippen molar-refractivity contribution in [2.75, 3.05) is 5.73 Å². The molecule has 126 valence electrons. The summed E-state index contributed by atoms with van der Waals surface area (Å²) in [5, 5.41) is 2.51. The van der Waals surface area contributed by atoms with Gasteiger partial charge >= 0.3 is 0 Å². The van der Waals surface area contributed by atoms with Crippen LogP contribution in [0.3, 0.4) is 0 Å². The maximum atomic E-state index is 13.1. The van der Waals surface area contributed by atoms with Gasteiger partial charge in [0.2, 0.25) is 0 Å². The zero-order valence-electron chi connectivity index (χ0n) is 14.1. The quantitative estimate of drug-likeness (QED) is 0.463. The van der Waals surface area contributed by atoms with E-state index in [0.29, 0.717) is 16.1 Å². The third kappa shape index (κ3) is 3.05. The van der Waals surface area contributed by atoms with Crippen molar-refractivity contribution < 1.29 is 4.79 Å². The molecule has 2 N–H and O–H groups in total. The zero-order valence-corrected chi connectivity index (χ0v) is 14.9. The molecule has 0 aliphatic heterocycles. The molecule has 1 aromatic heterocycles. The predicted molar refractivity (Wildman–Crippen MR) is 109 cm³/mol. The highest BCUT2D eigenvalue weighted by molar-refractivity contribution is 7.15. The number of anilines is 1. The molecule has 0 aliphatic rings. The van der Waals surface area contributed by atoms with E-state index in [1.165, 1.54) is 11.3 Å². The highest BCUT2D eigenvalue weighted by Gasteiger charge is 2.20. The first kappa shape index (κ1) is 16.3. The number of ketones is 1. The van der Waals surface area contributed by atoms with Crippen molar-refractivity contribution in [2.24, 2.45) is 0 Å². The number of rotatable bonds is 4. The monoisotopic (exact) mass is 355 g/mol. The molecule has 0 saturated carbocycles. The lowest BCUT2D eigenvalue weighted by molar-refractivity contribution is 0.104. The smallest absolute Gasteiger partial charge is 0.196 e. The Balaban J connectivity index is 1.70. The van der Waals surface area contributed by atoms with Crippen molar-refractivity contribution in [3.8, 4) is 22.3 Å². The Morgan fingerprint density at radius 1 is 0.692 bits per heavy atom. The van der Waals surface area contributed by atoms with Crippen LogP contribution in [0.2, 0.25) is 0 Å². The first-order valence-corrected chi connectivity index (χ1v) is 9.24. The molecule has 3 heteroatoms. The number of hydrogen-bond donors (Lipinski definition) is 1. The molecule has 26 heavy (non-hydrogen) atoms. The molecule has 0 atom stereocenters. The molecule has 3 aromatic carbocycles. The van der Waals surface area contributed by atoms with Gasteiger partial charge in [0.15, 0.2) is 5.78 Å². The van der Waals surface area contributed by atoms with Gasteiger partial charge in [0.25, 0.3) is 0 Å². The lowest BCUT2D eigenvalue weighted by Crippen LogP contribution is -2.04. The third-order valence-corrected chi connectivity index (χ3v) is 5.20. The summed E-state index contributed by atoms with van der Waals surface area (Å²) >= 11 is 1.41. The highest BCUT2D eigenvalue weighted by atomic mass is 32.1. The molecule has 2 nitrogen and oxygen atoms in total. The maximum Gasteiger partial charge on any atom is 0.196 e. The molecule has 4 aromatic rings. The Kier molecular flexibility index (Phi) is 4.38. The minimum Gasteiger partial charge on any atom is -0.390 e. The van der Waals surface area contributed by atoms with Crippen molar-refractivity contribution >= 4 is 22.1 Å². The van der Waals surface area contributed by atoms with E-state index < -0.39 is 0 Å². The van der Waals surface area contributed by atoms with Crippen molar-refractivity contribution in [3.05, 3.63) is 101 Å². The van der Waals surface area contributed by atoms with Gasteiger partial charge in [-0.15, -0.1) is 11.3 Å². The number of nitrogens with two attached hydrogens (primary N) is 1. The Labute approximate surface area is 156 Å². The fourth-order valence-electron chi connectivity index (χ4n) is 3.03. The fourth-order valence-corrected chi connectivity index (χ4v) is 3.85. The summed E-state index contributed by atoms with van der Waals surface area (Å²) in [6.45, 7) is 0. The number of benzene rings is 3. The van der Waals surface area contributed by atoms with E-state index in [1.54, 1.807) is 0 Å². The van der Waals surface area contributed by atoms with Gasteiger partial charge in [0.1, 0.15) is 0 Å². The molecular weight excluding hydrogens is 338 g/mol. The summed E-state index contributed by atoms with van der Waals surface area (Å²) in [6, 6.07) is 27.7. The first-order valence-electron chi connectivity index (χ1n) is 8.36. The van der Waals surface area contributed by atoms with Gasteiger partial charge in [-0.2, -0.15) is 0 Å². The van der Waals surface area contributed by atoms with Gasteiger partial charge in [-0.25, -0.2) is 0 Å². The minimum atomic E-state index is -0.0396. The lowest BCUT2D eigenvalue weighted by Gasteiger charge is -2.07. The van der Waals surface area contributed by atoms with Crippen LogP contribution in [0.25, 0.3) is 22.3 Å². The van der Waals surface area contributed by atoms with E-state index in [0.717, 1.165) is 22.3 Å². The molecule has 0 fully saturated rings. The van der Waals surface area contributed by atoms with Crippen LogP contribution in [0.5, 0.6) is 0 Å². The number of thiophene rings is 1. The van der Waals surface area contributed by atoms with Crippen LogP contribution in [-0.4, -0.2) is 5.78 Å². The summed E-state index contributed by atoms with van der Waals surface area (Å²) < 4.78 is 0. The molecule has 0 amide bonds. The van der Waals surface area contributed by atoms with Crippen molar-refractivity contribution in [3.63, 3.8) is 0 Å². The number of nitrogen functional groups attached to an aromatic ring is 1. The second-order valence-electron chi connectivity index (χ2n) is 6.03. The van der Waals surface area contributed by atoms with Crippen molar-refractivity contribution in [2.45, 2.75) is 0 Å². The standard InChI is InChI=1S/C23H17NOS/c24-23-21(20(15-26-23)18-9-5-2-6-10-18)22(25)19-13-11-17(12-14-19)16-7-3-1-4-8-16/h1-15H,24H2. The Morgan fingerprint density at radius 3 is 1.85 bits per heavy atom. The summed E-state index contributed by atoms with van der Waals surface area (Å²) in [4.78, 5) is 13.1. The van der Waals surface area contributed by atoms with Gasteiger partial charge in [-0.05, 0) is 16.7 Å². The van der Waals surface area contributed by atoms with Crippen molar-refractivity contribution in [1.82, 2.24) is 0 Å². The van der Waals surface area contributed by atoms with Gasteiger partial charge in [-0.1, -0.05) is 84.9 Å². The molecular formula is C23H17NOS. The van der Waals surface area contributed by atoms with Crippen LogP contribution in [0.1, 0.15) is 15.9 Å². The SMILES string of the molecule is Nc1scc(-c2ccccc2)c1C(=O)c1ccc(-c2ccccc2)cc1. The van der Waals surface area contributed by atoms with Crippen LogP contribution in [0.4, 0.5) is 5.00 Å². The second-order valence-corrected chi connectivity index (χ2v) is 6.94. The van der Waals surface area contributed by atoms with Crippen LogP contribution in [0, 0.1) is 0 Å². The summed E-state index contributed by atoms with van der Waals surface area (Å²) in [5.41, 5.74) is 11.5. The molecule has 0 bridgehead atoms. The van der Waals surface area contributed by atoms with Gasteiger partial charge < -0.3 is 5.73 Å². The van der Waals surface area contributed by atoms with E-state index in [2.05, 4.69) is 12.1 Å². The molecule has 4 rings (SSSR count). The first-order chi connectivity index (χ1) is 12.7. The third-order valence-electron chi connectivity index (χ3n) is 4.39. The number of carbonyl (C=O) groups excluding carboxylic acids is 1. The summed E-state index contributed by atoms with van der Waals surface area (Å²) in [6.07, 6.45) is 0. The zero-order chi connectivity index (χ0) is 17.9. The van der Waals surface area contributed by atoms with Gasteiger partial charge in [0.05, 0.1) is 10.6 Å². The van der Waals surface area contributed by atoms with Gasteiger partial charge in [0, 0.05) is 16.5 Å². The van der Waals surface area contributed by atoms with E-state index in [1.807, 2.05) is 78.2 Å². The Morgan fingerprint density at radius 2 is 1.23 bits per heavy atom. The largest absolute Gasteiger partial charge is 0.390 e. The maximum absolute atomic E-state index is 13.1. The summed E-state index contributed by atoms with van der Waals surface area (Å²) in [5.74, 6) is -0.0396. The molecule has 0 saturated heterocycles. The van der Waals surface area contributed by atoms with Gasteiger partial charge in [-0.3, -0.25) is 4.79 Å². The normalized spacial score (nSPS) is 10.6. The predicted octanol–water partition coefficient (Wildman–Crippen LogP) is 5.90. The fraction of sp³-hybridized carbons (Fsp3) is 0. The van der Waals surface area contributed by atoms with E-state index in [4.69, 9.17) is 5.73 Å². The van der Waals surface area contributed by atoms with E-state index in [-0.39, 0.29) is 5.78 Å². The van der Waals surface area contributed by atoms with Crippen LogP contribution < -0.4 is 5.73 Å². The molecule has 0 unspecified atom stereocenters. The topological polar surface area (TPSA) is 43.1 Å². The van der Waals surface area contributed by atoms with E-state index in [9.17, 15) is 4.79 Å². The molecule has 1 heterocycles. The average molecular weight is 355 g/mol. The van der Waals surface area contributed by atoms with Crippen molar-refractivity contribution in [1.29, 1.82) is 0 Å². The highest BCUT2D eigenvalue weighted by Crippen LogP contribution is 2.35. The lowest BCUT2D eigenvalue weighted by atomic mass is 9.96. The molecule has 0 radical (unpaired) electrons. The Hall–Kier alpha value is -3.17. The van der Waals surface area contributed by atoms with Crippen LogP contribution in [-0.2, 0) is 0 Å².